The summed E-state index contributed by atoms with van der Waals surface area (Å²) in [6.45, 7) is 8.85. The molecule has 1 amide bonds. The van der Waals surface area contributed by atoms with Crippen LogP contribution < -0.4 is 5.32 Å². The summed E-state index contributed by atoms with van der Waals surface area (Å²) in [4.78, 5) is 14.2. The third kappa shape index (κ3) is 3.78. The lowest BCUT2D eigenvalue weighted by molar-refractivity contribution is -0.119. The van der Waals surface area contributed by atoms with E-state index in [1.54, 1.807) is 0 Å². The molecule has 1 saturated heterocycles. The number of anilines is 1. The molecule has 2 rings (SSSR count). The van der Waals surface area contributed by atoms with Crippen LogP contribution in [0, 0.1) is 13.8 Å². The topological polar surface area (TPSA) is 41.6 Å². The monoisotopic (exact) mass is 262 g/mol. The van der Waals surface area contributed by atoms with E-state index in [0.29, 0.717) is 13.2 Å². The molecule has 0 aliphatic carbocycles. The van der Waals surface area contributed by atoms with Crippen molar-refractivity contribution in [3.05, 3.63) is 29.3 Å². The first-order valence-electron chi connectivity index (χ1n) is 6.76. The molecule has 104 valence electrons. The molecule has 4 heteroatoms. The van der Waals surface area contributed by atoms with Gasteiger partial charge in [-0.3, -0.25) is 9.69 Å². The van der Waals surface area contributed by atoms with Gasteiger partial charge in [-0.1, -0.05) is 18.2 Å². The summed E-state index contributed by atoms with van der Waals surface area (Å²) in [6, 6.07) is 6.03. The smallest absolute Gasteiger partial charge is 0.238 e. The first kappa shape index (κ1) is 14.0. The summed E-state index contributed by atoms with van der Waals surface area (Å²) >= 11 is 0. The van der Waals surface area contributed by atoms with Crippen LogP contribution in [0.25, 0.3) is 0 Å². The van der Waals surface area contributed by atoms with Crippen LogP contribution >= 0.6 is 0 Å². The number of rotatable bonds is 3. The third-order valence-corrected chi connectivity index (χ3v) is 3.44. The first-order valence-corrected chi connectivity index (χ1v) is 6.76. The molecule has 0 radical (unpaired) electrons. The highest BCUT2D eigenvalue weighted by Crippen LogP contribution is 2.19. The summed E-state index contributed by atoms with van der Waals surface area (Å²) in [5.41, 5.74) is 3.14. The maximum atomic E-state index is 12.1. The van der Waals surface area contributed by atoms with Crippen LogP contribution in [0.1, 0.15) is 18.1 Å². The van der Waals surface area contributed by atoms with E-state index in [9.17, 15) is 4.79 Å². The number of morpholine rings is 1. The van der Waals surface area contributed by atoms with E-state index in [1.165, 1.54) is 0 Å². The van der Waals surface area contributed by atoms with Crippen molar-refractivity contribution in [1.29, 1.82) is 0 Å². The number of nitrogens with one attached hydrogen (secondary N) is 1. The Kier molecular flexibility index (Phi) is 4.56. The Bertz CT molecular complexity index is 439. The molecule has 1 atom stereocenters. The van der Waals surface area contributed by atoms with Gasteiger partial charge in [0.05, 0.1) is 19.3 Å². The van der Waals surface area contributed by atoms with Crippen molar-refractivity contribution in [3.63, 3.8) is 0 Å². The number of ether oxygens (including phenoxy) is 1. The van der Waals surface area contributed by atoms with Gasteiger partial charge in [-0.05, 0) is 31.9 Å². The molecule has 1 aromatic rings. The molecule has 1 aromatic carbocycles. The second-order valence-corrected chi connectivity index (χ2v) is 5.23. The van der Waals surface area contributed by atoms with E-state index in [1.807, 2.05) is 39.0 Å². The normalized spacial score (nSPS) is 20.3. The van der Waals surface area contributed by atoms with Gasteiger partial charge in [0.15, 0.2) is 0 Å². The number of aryl methyl sites for hydroxylation is 2. The summed E-state index contributed by atoms with van der Waals surface area (Å²) in [6.07, 6.45) is 0.210. The average molecular weight is 262 g/mol. The largest absolute Gasteiger partial charge is 0.376 e. The van der Waals surface area contributed by atoms with Crippen molar-refractivity contribution < 1.29 is 9.53 Å². The predicted octanol–water partition coefficient (Wildman–Crippen LogP) is 1.96. The van der Waals surface area contributed by atoms with Crippen LogP contribution in [0.3, 0.4) is 0 Å². The van der Waals surface area contributed by atoms with Crippen molar-refractivity contribution in [2.45, 2.75) is 26.9 Å². The Labute approximate surface area is 114 Å². The molecular formula is C15H22N2O2. The zero-order valence-corrected chi connectivity index (χ0v) is 11.9. The molecule has 0 aromatic heterocycles. The van der Waals surface area contributed by atoms with Gasteiger partial charge in [0.2, 0.25) is 5.91 Å². The number of hydrogen-bond acceptors (Lipinski definition) is 3. The van der Waals surface area contributed by atoms with Gasteiger partial charge >= 0.3 is 0 Å². The lowest BCUT2D eigenvalue weighted by atomic mass is 10.1. The Morgan fingerprint density at radius 3 is 2.74 bits per heavy atom. The third-order valence-electron chi connectivity index (χ3n) is 3.44. The Morgan fingerprint density at radius 1 is 1.42 bits per heavy atom. The summed E-state index contributed by atoms with van der Waals surface area (Å²) in [5, 5.41) is 3.02. The molecule has 0 spiro atoms. The minimum atomic E-state index is 0.0477. The van der Waals surface area contributed by atoms with Crippen LogP contribution in [0.15, 0.2) is 18.2 Å². The lowest BCUT2D eigenvalue weighted by Crippen LogP contribution is -2.44. The predicted molar refractivity (Wildman–Crippen MR) is 76.4 cm³/mol. The van der Waals surface area contributed by atoms with Crippen molar-refractivity contribution in [3.8, 4) is 0 Å². The zero-order chi connectivity index (χ0) is 13.8. The lowest BCUT2D eigenvalue weighted by Gasteiger charge is -2.30. The fourth-order valence-corrected chi connectivity index (χ4v) is 2.43. The van der Waals surface area contributed by atoms with Crippen molar-refractivity contribution in [2.75, 3.05) is 31.6 Å². The number of hydrogen-bond donors (Lipinski definition) is 1. The second-order valence-electron chi connectivity index (χ2n) is 5.23. The van der Waals surface area contributed by atoms with E-state index in [4.69, 9.17) is 4.74 Å². The van der Waals surface area contributed by atoms with Crippen LogP contribution in [-0.4, -0.2) is 43.2 Å². The van der Waals surface area contributed by atoms with Gasteiger partial charge in [0, 0.05) is 18.8 Å². The number of nitrogens with zero attached hydrogens (tertiary/aromatic N) is 1. The van der Waals surface area contributed by atoms with Crippen LogP contribution in [-0.2, 0) is 9.53 Å². The number of para-hydroxylation sites is 1. The molecular weight excluding hydrogens is 240 g/mol. The Balaban J connectivity index is 1.94. The van der Waals surface area contributed by atoms with Crippen LogP contribution in [0.5, 0.6) is 0 Å². The summed E-state index contributed by atoms with van der Waals surface area (Å²) < 4.78 is 5.47. The van der Waals surface area contributed by atoms with E-state index in [2.05, 4.69) is 10.2 Å². The van der Waals surface area contributed by atoms with Gasteiger partial charge in [-0.25, -0.2) is 0 Å². The summed E-state index contributed by atoms with van der Waals surface area (Å²) in [5.74, 6) is 0.0477. The average Bonchev–Trinajstić information content (AvgIpc) is 2.34. The molecule has 1 aliphatic heterocycles. The Hall–Kier alpha value is -1.39. The molecule has 0 saturated carbocycles. The fraction of sp³-hybridized carbons (Fsp3) is 0.533. The zero-order valence-electron chi connectivity index (χ0n) is 11.9. The molecule has 1 fully saturated rings. The van der Waals surface area contributed by atoms with Crippen molar-refractivity contribution >= 4 is 11.6 Å². The van der Waals surface area contributed by atoms with Gasteiger partial charge < -0.3 is 10.1 Å². The highest BCUT2D eigenvalue weighted by molar-refractivity contribution is 5.93. The SMILES string of the molecule is Cc1cccc(C)c1NC(=O)CN1CCOC(C)C1. The molecule has 1 N–H and O–H groups in total. The maximum Gasteiger partial charge on any atom is 0.238 e. The molecule has 1 aliphatic rings. The molecule has 1 heterocycles. The number of carbonyl (C=O) groups excluding carboxylic acids is 1. The molecule has 1 unspecified atom stereocenters. The van der Waals surface area contributed by atoms with E-state index in [-0.39, 0.29) is 12.0 Å². The highest BCUT2D eigenvalue weighted by Gasteiger charge is 2.19. The number of carbonyl (C=O) groups is 1. The highest BCUT2D eigenvalue weighted by atomic mass is 16.5. The maximum absolute atomic E-state index is 12.1. The first-order chi connectivity index (χ1) is 9.06. The van der Waals surface area contributed by atoms with Crippen LogP contribution in [0.4, 0.5) is 5.69 Å². The van der Waals surface area contributed by atoms with E-state index in [0.717, 1.165) is 29.9 Å². The summed E-state index contributed by atoms with van der Waals surface area (Å²) in [7, 11) is 0. The van der Waals surface area contributed by atoms with Crippen molar-refractivity contribution in [1.82, 2.24) is 4.90 Å². The fourth-order valence-electron chi connectivity index (χ4n) is 2.43. The molecule has 4 nitrogen and oxygen atoms in total. The standard InChI is InChI=1S/C15H22N2O2/c1-11-5-4-6-12(2)15(11)16-14(18)10-17-7-8-19-13(3)9-17/h4-6,13H,7-10H2,1-3H3,(H,16,18). The second kappa shape index (κ2) is 6.17. The molecule has 0 bridgehead atoms. The van der Waals surface area contributed by atoms with Gasteiger partial charge in [0.1, 0.15) is 0 Å². The minimum absolute atomic E-state index is 0.0477. The minimum Gasteiger partial charge on any atom is -0.376 e. The van der Waals surface area contributed by atoms with Gasteiger partial charge in [-0.2, -0.15) is 0 Å². The van der Waals surface area contributed by atoms with E-state index < -0.39 is 0 Å². The van der Waals surface area contributed by atoms with Gasteiger partial charge in [-0.15, -0.1) is 0 Å². The van der Waals surface area contributed by atoms with Crippen molar-refractivity contribution in [2.24, 2.45) is 0 Å². The van der Waals surface area contributed by atoms with Crippen LogP contribution in [0.2, 0.25) is 0 Å². The van der Waals surface area contributed by atoms with E-state index >= 15 is 0 Å². The molecule has 19 heavy (non-hydrogen) atoms. The Morgan fingerprint density at radius 2 is 2.11 bits per heavy atom. The van der Waals surface area contributed by atoms with Gasteiger partial charge in [0.25, 0.3) is 0 Å². The number of benzene rings is 1. The quantitative estimate of drug-likeness (QED) is 0.905. The number of amides is 1.